The zero-order valence-corrected chi connectivity index (χ0v) is 8.82. The van der Waals surface area contributed by atoms with Gasteiger partial charge in [0.2, 0.25) is 0 Å². The lowest BCUT2D eigenvalue weighted by Gasteiger charge is -2.16. The fourth-order valence-electron chi connectivity index (χ4n) is 1.35. The largest absolute Gasteiger partial charge is 0.465 e. The summed E-state index contributed by atoms with van der Waals surface area (Å²) in [4.78, 5) is 11.1. The summed E-state index contributed by atoms with van der Waals surface area (Å²) in [6, 6.07) is 1.36. The summed E-state index contributed by atoms with van der Waals surface area (Å²) in [6.07, 6.45) is -10.2. The van der Waals surface area contributed by atoms with E-state index in [1.807, 2.05) is 0 Å². The van der Waals surface area contributed by atoms with Crippen LogP contribution in [-0.4, -0.2) is 13.1 Å². The van der Waals surface area contributed by atoms with Gasteiger partial charge < -0.3 is 4.74 Å². The molecule has 2 nitrogen and oxygen atoms in total. The number of esters is 1. The van der Waals surface area contributed by atoms with E-state index in [1.165, 1.54) is 0 Å². The number of halogens is 6. The summed E-state index contributed by atoms with van der Waals surface area (Å²) in [5, 5.41) is 0. The highest BCUT2D eigenvalue weighted by Crippen LogP contribution is 2.39. The van der Waals surface area contributed by atoms with Gasteiger partial charge in [-0.2, -0.15) is 26.3 Å². The predicted molar refractivity (Wildman–Crippen MR) is 47.8 cm³/mol. The molecule has 0 bridgehead atoms. The van der Waals surface area contributed by atoms with Crippen LogP contribution in [0.5, 0.6) is 0 Å². The van der Waals surface area contributed by atoms with Gasteiger partial charge in [-0.25, -0.2) is 4.79 Å². The lowest BCUT2D eigenvalue weighted by molar-refractivity contribution is -0.144. The monoisotopic (exact) mass is 272 g/mol. The summed E-state index contributed by atoms with van der Waals surface area (Å²) >= 11 is 0. The summed E-state index contributed by atoms with van der Waals surface area (Å²) < 4.78 is 79.2. The fourth-order valence-corrected chi connectivity index (χ4v) is 1.35. The molecule has 0 atom stereocenters. The average Bonchev–Trinajstić information content (AvgIpc) is 2.24. The Kier molecular flexibility index (Phi) is 3.59. The Labute approximate surface area is 97.2 Å². The van der Waals surface area contributed by atoms with E-state index in [1.54, 1.807) is 0 Å². The van der Waals surface area contributed by atoms with Crippen LogP contribution in [0.1, 0.15) is 21.5 Å². The van der Waals surface area contributed by atoms with Crippen molar-refractivity contribution in [1.29, 1.82) is 0 Å². The molecule has 0 aliphatic carbocycles. The molecule has 0 aliphatic rings. The number of alkyl halides is 6. The molecule has 18 heavy (non-hydrogen) atoms. The van der Waals surface area contributed by atoms with E-state index in [0.717, 1.165) is 0 Å². The first kappa shape index (κ1) is 14.3. The molecule has 0 saturated carbocycles. The fraction of sp³-hybridized carbons (Fsp3) is 0.300. The first-order valence-electron chi connectivity index (χ1n) is 4.44. The molecular weight excluding hydrogens is 266 g/mol. The molecule has 0 fully saturated rings. The average molecular weight is 272 g/mol. The van der Waals surface area contributed by atoms with Gasteiger partial charge in [-0.05, 0) is 12.1 Å². The van der Waals surface area contributed by atoms with Gasteiger partial charge >= 0.3 is 18.3 Å². The van der Waals surface area contributed by atoms with Crippen molar-refractivity contribution in [3.05, 3.63) is 34.9 Å². The summed E-state index contributed by atoms with van der Waals surface area (Å²) in [5.41, 5.74) is -4.88. The first-order valence-corrected chi connectivity index (χ1v) is 4.44. The molecule has 1 rings (SSSR count). The van der Waals surface area contributed by atoms with Gasteiger partial charge in [-0.1, -0.05) is 6.07 Å². The quantitative estimate of drug-likeness (QED) is 0.577. The normalized spacial score (nSPS) is 12.4. The molecule has 1 aromatic carbocycles. The molecule has 0 spiro atoms. The highest BCUT2D eigenvalue weighted by Gasteiger charge is 2.43. The van der Waals surface area contributed by atoms with E-state index in [9.17, 15) is 31.1 Å². The van der Waals surface area contributed by atoms with Crippen molar-refractivity contribution in [1.82, 2.24) is 0 Å². The lowest BCUT2D eigenvalue weighted by Crippen LogP contribution is -2.20. The van der Waals surface area contributed by atoms with Crippen LogP contribution in [0.15, 0.2) is 18.2 Å². The van der Waals surface area contributed by atoms with Crippen molar-refractivity contribution in [2.45, 2.75) is 12.4 Å². The second kappa shape index (κ2) is 4.51. The number of benzene rings is 1. The maximum Gasteiger partial charge on any atom is 0.417 e. The number of carbonyl (C=O) groups excluding carboxylic acids is 1. The van der Waals surface area contributed by atoms with Crippen LogP contribution in [0, 0.1) is 0 Å². The topological polar surface area (TPSA) is 26.3 Å². The van der Waals surface area contributed by atoms with E-state index in [0.29, 0.717) is 25.3 Å². The Morgan fingerprint density at radius 3 is 1.67 bits per heavy atom. The van der Waals surface area contributed by atoms with Crippen LogP contribution in [0.3, 0.4) is 0 Å². The molecule has 0 unspecified atom stereocenters. The van der Waals surface area contributed by atoms with Crippen molar-refractivity contribution >= 4 is 5.97 Å². The molecule has 0 saturated heterocycles. The van der Waals surface area contributed by atoms with Gasteiger partial charge in [0, 0.05) is 0 Å². The second-order valence-corrected chi connectivity index (χ2v) is 3.22. The standard InChI is InChI=1S/C10H6F6O2/c1-18-8(17)7-5(9(11,12)13)3-2-4-6(7)10(14,15)16/h2-4H,1H3. The third kappa shape index (κ3) is 2.74. The second-order valence-electron chi connectivity index (χ2n) is 3.22. The van der Waals surface area contributed by atoms with Crippen molar-refractivity contribution in [3.63, 3.8) is 0 Å². The van der Waals surface area contributed by atoms with Gasteiger partial charge in [-0.3, -0.25) is 0 Å². The van der Waals surface area contributed by atoms with Crippen molar-refractivity contribution in [2.75, 3.05) is 7.11 Å². The van der Waals surface area contributed by atoms with Crippen molar-refractivity contribution in [2.24, 2.45) is 0 Å². The number of rotatable bonds is 1. The summed E-state index contributed by atoms with van der Waals surface area (Å²) in [5.74, 6) is -1.68. The maximum atomic E-state index is 12.5. The smallest absolute Gasteiger partial charge is 0.417 e. The minimum Gasteiger partial charge on any atom is -0.465 e. The van der Waals surface area contributed by atoms with Gasteiger partial charge in [0.05, 0.1) is 23.8 Å². The summed E-state index contributed by atoms with van der Waals surface area (Å²) in [6.45, 7) is 0. The van der Waals surface area contributed by atoms with Gasteiger partial charge in [0.25, 0.3) is 0 Å². The third-order valence-electron chi connectivity index (χ3n) is 2.06. The zero-order chi connectivity index (χ0) is 14.1. The highest BCUT2D eigenvalue weighted by molar-refractivity contribution is 5.93. The van der Waals surface area contributed by atoms with Crippen LogP contribution in [0.2, 0.25) is 0 Å². The molecule has 0 radical (unpaired) electrons. The van der Waals surface area contributed by atoms with Crippen LogP contribution in [-0.2, 0) is 17.1 Å². The molecule has 100 valence electrons. The summed E-state index contributed by atoms with van der Waals surface area (Å²) in [7, 11) is 0.704. The molecular formula is C10H6F6O2. The Hall–Kier alpha value is -1.73. The molecule has 0 amide bonds. The highest BCUT2D eigenvalue weighted by atomic mass is 19.4. The Morgan fingerprint density at radius 1 is 1.00 bits per heavy atom. The molecule has 0 N–H and O–H groups in total. The van der Waals surface area contributed by atoms with Crippen molar-refractivity contribution in [3.8, 4) is 0 Å². The van der Waals surface area contributed by atoms with E-state index in [2.05, 4.69) is 4.74 Å². The molecule has 1 aromatic rings. The molecule has 0 heterocycles. The minimum absolute atomic E-state index is 0.390. The number of methoxy groups -OCH3 is 1. The molecule has 0 aromatic heterocycles. The van der Waals surface area contributed by atoms with E-state index >= 15 is 0 Å². The van der Waals surface area contributed by atoms with E-state index in [4.69, 9.17) is 0 Å². The number of hydrogen-bond donors (Lipinski definition) is 0. The lowest BCUT2D eigenvalue weighted by atomic mass is 10.00. The number of carbonyl (C=O) groups is 1. The Bertz CT molecular complexity index is 428. The SMILES string of the molecule is COC(=O)c1c(C(F)(F)F)cccc1C(F)(F)F. The number of ether oxygens (including phenoxy) is 1. The Morgan fingerprint density at radius 2 is 1.39 bits per heavy atom. The van der Waals surface area contributed by atoms with Crippen LogP contribution < -0.4 is 0 Å². The van der Waals surface area contributed by atoms with Crippen LogP contribution in [0.4, 0.5) is 26.3 Å². The zero-order valence-electron chi connectivity index (χ0n) is 8.82. The predicted octanol–water partition coefficient (Wildman–Crippen LogP) is 3.51. The molecule has 0 aliphatic heterocycles. The van der Waals surface area contributed by atoms with E-state index in [-0.39, 0.29) is 0 Å². The maximum absolute atomic E-state index is 12.5. The van der Waals surface area contributed by atoms with Gasteiger partial charge in [0.15, 0.2) is 0 Å². The Balaban J connectivity index is 3.61. The van der Waals surface area contributed by atoms with Crippen LogP contribution in [0.25, 0.3) is 0 Å². The number of hydrogen-bond acceptors (Lipinski definition) is 2. The third-order valence-corrected chi connectivity index (χ3v) is 2.06. The van der Waals surface area contributed by atoms with E-state index < -0.39 is 35.0 Å². The first-order chi connectivity index (χ1) is 8.09. The van der Waals surface area contributed by atoms with Crippen LogP contribution >= 0.6 is 0 Å². The molecule has 8 heteroatoms. The van der Waals surface area contributed by atoms with Crippen molar-refractivity contribution < 1.29 is 35.9 Å². The van der Waals surface area contributed by atoms with Gasteiger partial charge in [-0.15, -0.1) is 0 Å². The van der Waals surface area contributed by atoms with Gasteiger partial charge in [0.1, 0.15) is 0 Å². The minimum atomic E-state index is -5.08.